The van der Waals surface area contributed by atoms with E-state index >= 15 is 0 Å². The van der Waals surface area contributed by atoms with Crippen LogP contribution in [0.15, 0.2) is 47.4 Å². The fraction of sp³-hybridized carbons (Fsp3) is 0.517. The predicted octanol–water partition coefficient (Wildman–Crippen LogP) is 3.18. The Hall–Kier alpha value is -3.31. The molecule has 2 aromatic carbocycles. The van der Waals surface area contributed by atoms with Crippen molar-refractivity contribution in [3.8, 4) is 5.75 Å². The van der Waals surface area contributed by atoms with Crippen molar-refractivity contribution in [2.75, 3.05) is 38.2 Å². The van der Waals surface area contributed by atoms with Crippen LogP contribution in [0.4, 0.5) is 10.5 Å². The van der Waals surface area contributed by atoms with Crippen LogP contribution in [0.25, 0.3) is 0 Å². The number of carbonyl (C=O) groups excluding carboxylic acids is 2. The second-order valence-corrected chi connectivity index (χ2v) is 12.7. The minimum Gasteiger partial charge on any atom is -0.495 e. The lowest BCUT2D eigenvalue weighted by Gasteiger charge is -2.30. The van der Waals surface area contributed by atoms with E-state index in [2.05, 4.69) is 26.4 Å². The molecule has 3 N–H and O–H groups in total. The highest BCUT2D eigenvalue weighted by Gasteiger charge is 2.37. The molecule has 0 radical (unpaired) electrons. The number of fused-ring (bicyclic) bond motifs is 1. The summed E-state index contributed by atoms with van der Waals surface area (Å²) in [5.41, 5.74) is 5.49. The maximum absolute atomic E-state index is 13.0. The number of amides is 3. The maximum Gasteiger partial charge on any atom is 0.343 e. The molecule has 3 aliphatic rings. The van der Waals surface area contributed by atoms with Crippen molar-refractivity contribution in [2.45, 2.75) is 56.4 Å². The number of hydrogen-bond acceptors (Lipinski definition) is 7. The van der Waals surface area contributed by atoms with Crippen molar-refractivity contribution in [2.24, 2.45) is 11.8 Å². The van der Waals surface area contributed by atoms with Gasteiger partial charge in [0.15, 0.2) is 0 Å². The molecular formula is C29H39N5O5S. The van der Waals surface area contributed by atoms with Crippen molar-refractivity contribution < 1.29 is 22.7 Å². The van der Waals surface area contributed by atoms with E-state index in [1.54, 1.807) is 11.1 Å². The van der Waals surface area contributed by atoms with Crippen LogP contribution in [-0.2, 0) is 27.8 Å². The van der Waals surface area contributed by atoms with Crippen molar-refractivity contribution in [3.05, 3.63) is 53.6 Å². The fourth-order valence-electron chi connectivity index (χ4n) is 6.26. The van der Waals surface area contributed by atoms with Gasteiger partial charge in [-0.3, -0.25) is 10.2 Å². The lowest BCUT2D eigenvalue weighted by molar-refractivity contribution is -0.120. The fourth-order valence-corrected chi connectivity index (χ4v) is 7.31. The number of methoxy groups -OCH3 is 1. The predicted molar refractivity (Wildman–Crippen MR) is 152 cm³/mol. The van der Waals surface area contributed by atoms with E-state index in [0.29, 0.717) is 23.9 Å². The molecule has 1 aliphatic carbocycles. The minimum atomic E-state index is -4.19. The Bertz CT molecular complexity index is 1320. The van der Waals surface area contributed by atoms with Crippen molar-refractivity contribution in [3.63, 3.8) is 0 Å². The van der Waals surface area contributed by atoms with E-state index in [-0.39, 0.29) is 23.0 Å². The number of carbonyl (C=O) groups is 2. The first-order valence-electron chi connectivity index (χ1n) is 14.2. The largest absolute Gasteiger partial charge is 0.495 e. The molecule has 216 valence electrons. The highest BCUT2D eigenvalue weighted by Crippen LogP contribution is 2.37. The Morgan fingerprint density at radius 3 is 2.42 bits per heavy atom. The molecule has 2 aliphatic heterocycles. The molecule has 40 heavy (non-hydrogen) atoms. The number of anilines is 1. The highest BCUT2D eigenvalue weighted by molar-refractivity contribution is 7.90. The first-order chi connectivity index (χ1) is 19.3. The summed E-state index contributed by atoms with van der Waals surface area (Å²) in [5, 5.41) is 4.78. The number of para-hydroxylation sites is 1. The molecule has 0 aromatic heterocycles. The van der Waals surface area contributed by atoms with Gasteiger partial charge in [0.05, 0.1) is 13.5 Å². The number of benzene rings is 2. The van der Waals surface area contributed by atoms with E-state index in [0.717, 1.165) is 50.3 Å². The molecule has 10 nitrogen and oxygen atoms in total. The Kier molecular flexibility index (Phi) is 8.80. The molecule has 11 heteroatoms. The number of sulfonamides is 1. The highest BCUT2D eigenvalue weighted by atomic mass is 32.2. The summed E-state index contributed by atoms with van der Waals surface area (Å²) in [6, 6.07) is 11.8. The number of hydrazine groups is 1. The monoisotopic (exact) mass is 569 g/mol. The Labute approximate surface area is 236 Å². The lowest BCUT2D eigenvalue weighted by atomic mass is 10.0. The van der Waals surface area contributed by atoms with Gasteiger partial charge in [-0.15, -0.1) is 0 Å². The van der Waals surface area contributed by atoms with Gasteiger partial charge in [0.2, 0.25) is 5.91 Å². The number of nitrogens with one attached hydrogen (secondary N) is 3. The van der Waals surface area contributed by atoms with Crippen LogP contribution in [0, 0.1) is 11.8 Å². The smallest absolute Gasteiger partial charge is 0.343 e. The second-order valence-electron chi connectivity index (χ2n) is 11.0. The molecule has 1 saturated carbocycles. The molecule has 2 unspecified atom stereocenters. The molecule has 2 atom stereocenters. The molecule has 2 heterocycles. The first kappa shape index (κ1) is 28.2. The van der Waals surface area contributed by atoms with Gasteiger partial charge in [-0.1, -0.05) is 30.7 Å². The Morgan fingerprint density at radius 2 is 1.70 bits per heavy atom. The number of rotatable bonds is 9. The van der Waals surface area contributed by atoms with Crippen LogP contribution in [0.5, 0.6) is 5.75 Å². The normalized spacial score (nSPS) is 21.1. The molecule has 0 bridgehead atoms. The first-order valence-corrected chi connectivity index (χ1v) is 15.7. The number of nitrogens with zero attached hydrogens (tertiary/aromatic N) is 2. The molecule has 3 fully saturated rings. The standard InChI is InChI=1S/C29H39N5O5S/c1-39-26-16-21(17-28(35)30-18-22-8-3-4-11-25(22)33-14-5-2-6-15-33)12-13-27(26)40(37,38)32-29(36)31-34-19-23-9-7-10-24(23)20-34/h3-4,8,11-13,16,23-24H,2,5-7,9-10,14-15,17-20H2,1H3,(H,30,35)(H2,31,32,36). The van der Waals surface area contributed by atoms with Gasteiger partial charge in [0.1, 0.15) is 10.6 Å². The average molecular weight is 570 g/mol. The number of ether oxygens (including phenoxy) is 1. The van der Waals surface area contributed by atoms with Crippen LogP contribution in [-0.4, -0.2) is 58.7 Å². The van der Waals surface area contributed by atoms with E-state index in [1.807, 2.05) is 18.2 Å². The summed E-state index contributed by atoms with van der Waals surface area (Å²) >= 11 is 0. The Balaban J connectivity index is 1.17. The molecule has 2 aromatic rings. The van der Waals surface area contributed by atoms with E-state index in [9.17, 15) is 18.0 Å². The zero-order chi connectivity index (χ0) is 28.1. The zero-order valence-electron chi connectivity index (χ0n) is 23.0. The summed E-state index contributed by atoms with van der Waals surface area (Å²) in [5.74, 6) is 1.01. The van der Waals surface area contributed by atoms with Gasteiger partial charge in [-0.05, 0) is 73.3 Å². The zero-order valence-corrected chi connectivity index (χ0v) is 23.8. The number of urea groups is 1. The molecule has 0 spiro atoms. The van der Waals surface area contributed by atoms with Gasteiger partial charge >= 0.3 is 6.03 Å². The van der Waals surface area contributed by atoms with Gasteiger partial charge in [0.25, 0.3) is 10.0 Å². The summed E-state index contributed by atoms with van der Waals surface area (Å²) in [7, 11) is -2.83. The van der Waals surface area contributed by atoms with E-state index in [4.69, 9.17) is 4.74 Å². The van der Waals surface area contributed by atoms with Gasteiger partial charge < -0.3 is 15.0 Å². The van der Waals surface area contributed by atoms with Crippen molar-refractivity contribution >= 4 is 27.6 Å². The molecule has 3 amide bonds. The third-order valence-electron chi connectivity index (χ3n) is 8.26. The number of piperidine rings is 1. The third kappa shape index (κ3) is 6.69. The average Bonchev–Trinajstić information content (AvgIpc) is 3.54. The van der Waals surface area contributed by atoms with E-state index in [1.165, 1.54) is 44.9 Å². The van der Waals surface area contributed by atoms with Crippen LogP contribution in [0.2, 0.25) is 0 Å². The quantitative estimate of drug-likeness (QED) is 0.424. The van der Waals surface area contributed by atoms with Crippen LogP contribution in [0.3, 0.4) is 0 Å². The third-order valence-corrected chi connectivity index (χ3v) is 9.63. The van der Waals surface area contributed by atoms with Crippen molar-refractivity contribution in [1.82, 2.24) is 20.5 Å². The topological polar surface area (TPSA) is 120 Å². The van der Waals surface area contributed by atoms with Crippen molar-refractivity contribution in [1.29, 1.82) is 0 Å². The number of hydrogen-bond donors (Lipinski definition) is 3. The second kappa shape index (κ2) is 12.5. The van der Waals surface area contributed by atoms with Crippen LogP contribution in [0.1, 0.15) is 49.7 Å². The molecule has 2 saturated heterocycles. The Morgan fingerprint density at radius 1 is 0.975 bits per heavy atom. The lowest BCUT2D eigenvalue weighted by Crippen LogP contribution is -2.48. The van der Waals surface area contributed by atoms with Crippen LogP contribution >= 0.6 is 0 Å². The van der Waals surface area contributed by atoms with E-state index < -0.39 is 16.1 Å². The molecule has 5 rings (SSSR count). The van der Waals surface area contributed by atoms with Gasteiger partial charge in [-0.2, -0.15) is 0 Å². The van der Waals surface area contributed by atoms with Gasteiger partial charge in [0, 0.05) is 38.4 Å². The summed E-state index contributed by atoms with van der Waals surface area (Å²) in [4.78, 5) is 27.5. The summed E-state index contributed by atoms with van der Waals surface area (Å²) < 4.78 is 33.4. The summed E-state index contributed by atoms with van der Waals surface area (Å²) in [6.07, 6.45) is 7.18. The van der Waals surface area contributed by atoms with Crippen LogP contribution < -0.4 is 25.1 Å². The summed E-state index contributed by atoms with van der Waals surface area (Å²) in [6.45, 7) is 3.93. The maximum atomic E-state index is 13.0. The molecular weight excluding hydrogens is 530 g/mol. The minimum absolute atomic E-state index is 0.0633. The van der Waals surface area contributed by atoms with Gasteiger partial charge in [-0.25, -0.2) is 22.9 Å². The SMILES string of the molecule is COc1cc(CC(=O)NCc2ccccc2N2CCCCC2)ccc1S(=O)(=O)NC(=O)NN1CC2CCCC2C1.